The molecule has 2 heterocycles. The quantitative estimate of drug-likeness (QED) is 0.628. The van der Waals surface area contributed by atoms with Crippen molar-refractivity contribution in [2.75, 3.05) is 11.9 Å². The number of ether oxygens (including phenoxy) is 1. The zero-order valence-electron chi connectivity index (χ0n) is 15.9. The van der Waals surface area contributed by atoms with E-state index < -0.39 is 0 Å². The highest BCUT2D eigenvalue weighted by atomic mass is 32.1. The van der Waals surface area contributed by atoms with Crippen LogP contribution in [0.4, 0.5) is 5.82 Å². The Hall–Kier alpha value is -2.67. The number of aromatic nitrogens is 3. The normalized spacial score (nSPS) is 14.3. The Morgan fingerprint density at radius 3 is 2.79 bits per heavy atom. The fourth-order valence-electron chi connectivity index (χ4n) is 3.59. The van der Waals surface area contributed by atoms with Crippen molar-refractivity contribution in [3.8, 4) is 16.3 Å². The van der Waals surface area contributed by atoms with Crippen LogP contribution >= 0.6 is 11.3 Å². The Morgan fingerprint density at radius 1 is 1.25 bits per heavy atom. The molecule has 0 unspecified atom stereocenters. The Balaban J connectivity index is 1.39. The third kappa shape index (κ3) is 4.25. The molecule has 1 aromatic carbocycles. The number of rotatable bonds is 7. The van der Waals surface area contributed by atoms with Crippen LogP contribution < -0.4 is 10.1 Å². The number of hydrogen-bond acceptors (Lipinski definition) is 5. The predicted octanol–water partition coefficient (Wildman–Crippen LogP) is 4.70. The molecule has 4 rings (SSSR count). The summed E-state index contributed by atoms with van der Waals surface area (Å²) in [6.45, 7) is 2.61. The monoisotopic (exact) mass is 396 g/mol. The second kappa shape index (κ2) is 8.56. The number of nitrogens with zero attached hydrogens (tertiary/aromatic N) is 3. The van der Waals surface area contributed by atoms with E-state index in [0.717, 1.165) is 40.7 Å². The standard InChI is InChI=1S/C21H24N4O2S/c1-2-27-18-9-7-15(8-10-18)21-23-16(14-28-21)13-20(26)24-19-11-12-22-25(19)17-5-3-4-6-17/h7-12,14,17H,2-6,13H2,1H3,(H,24,26). The lowest BCUT2D eigenvalue weighted by Crippen LogP contribution is -2.19. The van der Waals surface area contributed by atoms with Crippen molar-refractivity contribution in [3.05, 3.63) is 47.6 Å². The molecule has 0 bridgehead atoms. The molecule has 7 heteroatoms. The summed E-state index contributed by atoms with van der Waals surface area (Å²) in [6, 6.07) is 10.1. The van der Waals surface area contributed by atoms with Crippen LogP contribution in [0, 0.1) is 0 Å². The maximum atomic E-state index is 12.5. The van der Waals surface area contributed by atoms with Gasteiger partial charge < -0.3 is 10.1 Å². The summed E-state index contributed by atoms with van der Waals surface area (Å²) in [5, 5.41) is 10.2. The fraction of sp³-hybridized carbons (Fsp3) is 0.381. The molecule has 0 saturated heterocycles. The molecule has 146 valence electrons. The molecule has 1 amide bonds. The summed E-state index contributed by atoms with van der Waals surface area (Å²) in [4.78, 5) is 17.1. The molecule has 1 aliphatic rings. The molecule has 1 fully saturated rings. The number of amides is 1. The zero-order chi connectivity index (χ0) is 19.3. The van der Waals surface area contributed by atoms with Crippen LogP contribution in [0.15, 0.2) is 41.9 Å². The highest BCUT2D eigenvalue weighted by Crippen LogP contribution is 2.31. The van der Waals surface area contributed by atoms with Crippen LogP contribution in [0.2, 0.25) is 0 Å². The minimum absolute atomic E-state index is 0.0664. The molecule has 0 aliphatic heterocycles. The van der Waals surface area contributed by atoms with Gasteiger partial charge in [-0.05, 0) is 44.0 Å². The van der Waals surface area contributed by atoms with Crippen molar-refractivity contribution in [2.45, 2.75) is 45.1 Å². The minimum Gasteiger partial charge on any atom is -0.494 e. The summed E-state index contributed by atoms with van der Waals surface area (Å²) in [6.07, 6.45) is 6.71. The van der Waals surface area contributed by atoms with Gasteiger partial charge in [-0.25, -0.2) is 9.67 Å². The molecule has 28 heavy (non-hydrogen) atoms. The van der Waals surface area contributed by atoms with Crippen LogP contribution in [0.25, 0.3) is 10.6 Å². The van der Waals surface area contributed by atoms with E-state index in [1.807, 2.05) is 47.3 Å². The van der Waals surface area contributed by atoms with Gasteiger partial charge in [0, 0.05) is 17.0 Å². The van der Waals surface area contributed by atoms with E-state index in [9.17, 15) is 4.79 Å². The second-order valence-corrected chi connectivity index (χ2v) is 7.78. The predicted molar refractivity (Wildman–Crippen MR) is 111 cm³/mol. The Labute approximate surface area is 168 Å². The highest BCUT2D eigenvalue weighted by molar-refractivity contribution is 7.13. The first-order chi connectivity index (χ1) is 13.7. The first-order valence-electron chi connectivity index (χ1n) is 9.74. The van der Waals surface area contributed by atoms with Gasteiger partial charge in [0.05, 0.1) is 31.0 Å². The lowest BCUT2D eigenvalue weighted by Gasteiger charge is -2.14. The number of carbonyl (C=O) groups is 1. The van der Waals surface area contributed by atoms with Gasteiger partial charge >= 0.3 is 0 Å². The molecular formula is C21H24N4O2S. The van der Waals surface area contributed by atoms with Gasteiger partial charge in [0.2, 0.25) is 5.91 Å². The molecule has 0 atom stereocenters. The van der Waals surface area contributed by atoms with Gasteiger partial charge in [0.15, 0.2) is 0 Å². The van der Waals surface area contributed by atoms with Crippen LogP contribution in [0.1, 0.15) is 44.3 Å². The lowest BCUT2D eigenvalue weighted by molar-refractivity contribution is -0.115. The molecule has 0 radical (unpaired) electrons. The molecule has 0 spiro atoms. The van der Waals surface area contributed by atoms with Gasteiger partial charge in [-0.1, -0.05) is 12.8 Å². The number of hydrogen-bond donors (Lipinski definition) is 1. The van der Waals surface area contributed by atoms with Crippen LogP contribution in [-0.2, 0) is 11.2 Å². The number of benzene rings is 1. The second-order valence-electron chi connectivity index (χ2n) is 6.93. The summed E-state index contributed by atoms with van der Waals surface area (Å²) >= 11 is 1.55. The SMILES string of the molecule is CCOc1ccc(-c2nc(CC(=O)Nc3ccnn3C3CCCC3)cs2)cc1. The first kappa shape index (κ1) is 18.7. The summed E-state index contributed by atoms with van der Waals surface area (Å²) in [7, 11) is 0. The summed E-state index contributed by atoms with van der Waals surface area (Å²) < 4.78 is 7.43. The molecule has 2 aromatic heterocycles. The Kier molecular flexibility index (Phi) is 5.71. The minimum atomic E-state index is -0.0664. The maximum Gasteiger partial charge on any atom is 0.231 e. The van der Waals surface area contributed by atoms with Gasteiger partial charge in [-0.15, -0.1) is 11.3 Å². The van der Waals surface area contributed by atoms with E-state index in [2.05, 4.69) is 15.4 Å². The molecule has 1 saturated carbocycles. The Bertz CT molecular complexity index is 926. The van der Waals surface area contributed by atoms with Gasteiger partial charge in [-0.2, -0.15) is 5.10 Å². The van der Waals surface area contributed by atoms with Crippen molar-refractivity contribution < 1.29 is 9.53 Å². The average molecular weight is 397 g/mol. The summed E-state index contributed by atoms with van der Waals surface area (Å²) in [5.41, 5.74) is 1.80. The number of thiazole rings is 1. The van der Waals surface area contributed by atoms with E-state index >= 15 is 0 Å². The van der Waals surface area contributed by atoms with Gasteiger partial charge in [0.25, 0.3) is 0 Å². The van der Waals surface area contributed by atoms with E-state index in [1.54, 1.807) is 17.5 Å². The van der Waals surface area contributed by atoms with Gasteiger partial charge in [-0.3, -0.25) is 4.79 Å². The van der Waals surface area contributed by atoms with Crippen LogP contribution in [0.3, 0.4) is 0 Å². The number of carbonyl (C=O) groups excluding carboxylic acids is 1. The van der Waals surface area contributed by atoms with E-state index in [-0.39, 0.29) is 12.3 Å². The van der Waals surface area contributed by atoms with Crippen molar-refractivity contribution in [3.63, 3.8) is 0 Å². The first-order valence-corrected chi connectivity index (χ1v) is 10.6. The fourth-order valence-corrected chi connectivity index (χ4v) is 4.41. The average Bonchev–Trinajstić information content (AvgIpc) is 3.44. The topological polar surface area (TPSA) is 69.0 Å². The molecular weight excluding hydrogens is 372 g/mol. The van der Waals surface area contributed by atoms with Crippen molar-refractivity contribution in [2.24, 2.45) is 0 Å². The highest BCUT2D eigenvalue weighted by Gasteiger charge is 2.20. The molecule has 1 aliphatic carbocycles. The van der Waals surface area contributed by atoms with Crippen LogP contribution in [-0.4, -0.2) is 27.3 Å². The van der Waals surface area contributed by atoms with Crippen molar-refractivity contribution in [1.82, 2.24) is 14.8 Å². The third-order valence-electron chi connectivity index (χ3n) is 4.91. The lowest BCUT2D eigenvalue weighted by atomic mass is 10.2. The van der Waals surface area contributed by atoms with E-state index in [1.165, 1.54) is 12.8 Å². The molecule has 6 nitrogen and oxygen atoms in total. The maximum absolute atomic E-state index is 12.5. The molecule has 3 aromatic rings. The largest absolute Gasteiger partial charge is 0.494 e. The Morgan fingerprint density at radius 2 is 2.04 bits per heavy atom. The molecule has 1 N–H and O–H groups in total. The smallest absolute Gasteiger partial charge is 0.231 e. The number of anilines is 1. The zero-order valence-corrected chi connectivity index (χ0v) is 16.7. The van der Waals surface area contributed by atoms with Crippen molar-refractivity contribution in [1.29, 1.82) is 0 Å². The van der Waals surface area contributed by atoms with Crippen LogP contribution in [0.5, 0.6) is 5.75 Å². The van der Waals surface area contributed by atoms with E-state index in [0.29, 0.717) is 12.6 Å². The third-order valence-corrected chi connectivity index (χ3v) is 5.85. The van der Waals surface area contributed by atoms with Crippen molar-refractivity contribution >= 4 is 23.1 Å². The number of nitrogens with one attached hydrogen (secondary N) is 1. The van der Waals surface area contributed by atoms with E-state index in [4.69, 9.17) is 4.74 Å². The van der Waals surface area contributed by atoms with Gasteiger partial charge in [0.1, 0.15) is 16.6 Å². The summed E-state index contributed by atoms with van der Waals surface area (Å²) in [5.74, 6) is 1.56.